The lowest BCUT2D eigenvalue weighted by molar-refractivity contribution is 0.0467. The minimum Gasteiger partial charge on any atom is -0.496 e. The average molecular weight is 318 g/mol. The van der Waals surface area contributed by atoms with Gasteiger partial charge in [-0.3, -0.25) is 4.79 Å². The van der Waals surface area contributed by atoms with Crippen LogP contribution in [0.15, 0.2) is 42.5 Å². The van der Waals surface area contributed by atoms with Gasteiger partial charge in [-0.05, 0) is 24.3 Å². The number of Topliss-reactive ketones (excluding diaryl/α,β-unsaturated/α-hetero) is 1. The number of carbonyl (C=O) groups is 2. The number of carbonyl (C=O) groups excluding carboxylic acids is 2. The van der Waals surface area contributed by atoms with E-state index in [0.29, 0.717) is 0 Å². The number of hydrogen-bond donors (Lipinski definition) is 0. The molecule has 0 bridgehead atoms. The Balaban J connectivity index is 2.14. The molecule has 0 atom stereocenters. The lowest BCUT2D eigenvalue weighted by Gasteiger charge is -2.12. The highest BCUT2D eigenvalue weighted by Crippen LogP contribution is 2.28. The Morgan fingerprint density at radius 2 is 1.57 bits per heavy atom. The van der Waals surface area contributed by atoms with Gasteiger partial charge >= 0.3 is 5.97 Å². The molecule has 0 aromatic heterocycles. The SMILES string of the molecule is COc1cccc(OC)c1C(=O)OCC(=O)c1ccccc1F. The van der Waals surface area contributed by atoms with E-state index in [2.05, 4.69) is 0 Å². The molecule has 0 aliphatic carbocycles. The second-order valence-corrected chi connectivity index (χ2v) is 4.52. The summed E-state index contributed by atoms with van der Waals surface area (Å²) in [4.78, 5) is 24.1. The Morgan fingerprint density at radius 3 is 2.13 bits per heavy atom. The van der Waals surface area contributed by atoms with Crippen LogP contribution in [0.2, 0.25) is 0 Å². The van der Waals surface area contributed by atoms with Crippen molar-refractivity contribution in [2.45, 2.75) is 0 Å². The summed E-state index contributed by atoms with van der Waals surface area (Å²) in [5.41, 5.74) is -0.0638. The average Bonchev–Trinajstić information content (AvgIpc) is 2.58. The molecule has 6 heteroatoms. The second-order valence-electron chi connectivity index (χ2n) is 4.52. The molecule has 5 nitrogen and oxygen atoms in total. The minimum atomic E-state index is -0.788. The van der Waals surface area contributed by atoms with Crippen molar-refractivity contribution in [1.82, 2.24) is 0 Å². The molecule has 0 aliphatic heterocycles. The van der Waals surface area contributed by atoms with Crippen molar-refractivity contribution in [3.63, 3.8) is 0 Å². The number of ketones is 1. The lowest BCUT2D eigenvalue weighted by Crippen LogP contribution is -2.16. The Bertz CT molecular complexity index is 704. The highest BCUT2D eigenvalue weighted by Gasteiger charge is 2.21. The van der Waals surface area contributed by atoms with Crippen LogP contribution in [0.5, 0.6) is 11.5 Å². The van der Waals surface area contributed by atoms with Gasteiger partial charge in [0.15, 0.2) is 6.61 Å². The van der Waals surface area contributed by atoms with Gasteiger partial charge < -0.3 is 14.2 Å². The molecule has 23 heavy (non-hydrogen) atoms. The van der Waals surface area contributed by atoms with Gasteiger partial charge in [0.1, 0.15) is 22.9 Å². The number of ether oxygens (including phenoxy) is 3. The molecular formula is C17H15FO5. The van der Waals surface area contributed by atoms with Gasteiger partial charge in [-0.1, -0.05) is 18.2 Å². The van der Waals surface area contributed by atoms with Crippen LogP contribution in [0.25, 0.3) is 0 Å². The fourth-order valence-electron chi connectivity index (χ4n) is 2.02. The number of hydrogen-bond acceptors (Lipinski definition) is 5. The zero-order valence-corrected chi connectivity index (χ0v) is 12.7. The van der Waals surface area contributed by atoms with Gasteiger partial charge in [-0.25, -0.2) is 9.18 Å². The van der Waals surface area contributed by atoms with Gasteiger partial charge in [0.2, 0.25) is 5.78 Å². The summed E-state index contributed by atoms with van der Waals surface area (Å²) in [5.74, 6) is -1.57. The maximum atomic E-state index is 13.5. The van der Waals surface area contributed by atoms with Gasteiger partial charge in [-0.2, -0.15) is 0 Å². The first-order chi connectivity index (χ1) is 11.1. The molecular weight excluding hydrogens is 303 g/mol. The fraction of sp³-hybridized carbons (Fsp3) is 0.176. The Labute approximate surface area is 132 Å². The molecule has 0 aliphatic rings. The van der Waals surface area contributed by atoms with Crippen LogP contribution in [0.4, 0.5) is 4.39 Å². The molecule has 0 saturated heterocycles. The molecule has 0 heterocycles. The van der Waals surface area contributed by atoms with Crippen molar-refractivity contribution in [1.29, 1.82) is 0 Å². The van der Waals surface area contributed by atoms with Crippen molar-refractivity contribution >= 4 is 11.8 Å². The van der Waals surface area contributed by atoms with Crippen LogP contribution >= 0.6 is 0 Å². The minimum absolute atomic E-state index is 0.0684. The van der Waals surface area contributed by atoms with Crippen molar-refractivity contribution in [3.8, 4) is 11.5 Å². The largest absolute Gasteiger partial charge is 0.496 e. The summed E-state index contributed by atoms with van der Waals surface area (Å²) in [6, 6.07) is 10.3. The van der Waals surface area contributed by atoms with Gasteiger partial charge in [0.25, 0.3) is 0 Å². The predicted octanol–water partition coefficient (Wildman–Crippen LogP) is 2.88. The zero-order chi connectivity index (χ0) is 16.8. The summed E-state index contributed by atoms with van der Waals surface area (Å²) in [5, 5.41) is 0. The fourth-order valence-corrected chi connectivity index (χ4v) is 2.02. The summed E-state index contributed by atoms with van der Waals surface area (Å²) in [7, 11) is 2.80. The molecule has 0 amide bonds. The van der Waals surface area contributed by atoms with E-state index in [0.717, 1.165) is 6.07 Å². The van der Waals surface area contributed by atoms with Crippen molar-refractivity contribution in [3.05, 3.63) is 59.4 Å². The van der Waals surface area contributed by atoms with E-state index in [9.17, 15) is 14.0 Å². The van der Waals surface area contributed by atoms with Crippen LogP contribution in [0, 0.1) is 5.82 Å². The lowest BCUT2D eigenvalue weighted by atomic mass is 10.1. The number of esters is 1. The van der Waals surface area contributed by atoms with E-state index in [-0.39, 0.29) is 22.6 Å². The summed E-state index contributed by atoms with van der Waals surface area (Å²) >= 11 is 0. The van der Waals surface area contributed by atoms with E-state index in [1.165, 1.54) is 32.4 Å². The zero-order valence-electron chi connectivity index (χ0n) is 12.7. The molecule has 2 rings (SSSR count). The van der Waals surface area contributed by atoms with Gasteiger partial charge in [-0.15, -0.1) is 0 Å². The molecule has 2 aromatic carbocycles. The molecule has 0 spiro atoms. The topological polar surface area (TPSA) is 61.8 Å². The van der Waals surface area contributed by atoms with E-state index in [1.54, 1.807) is 18.2 Å². The summed E-state index contributed by atoms with van der Waals surface area (Å²) < 4.78 is 28.7. The number of methoxy groups -OCH3 is 2. The molecule has 0 N–H and O–H groups in total. The van der Waals surface area contributed by atoms with Crippen LogP contribution in [0.1, 0.15) is 20.7 Å². The highest BCUT2D eigenvalue weighted by atomic mass is 19.1. The van der Waals surface area contributed by atoms with Crippen LogP contribution in [-0.4, -0.2) is 32.6 Å². The van der Waals surface area contributed by atoms with E-state index >= 15 is 0 Å². The standard InChI is InChI=1S/C17H15FO5/c1-21-14-8-5-9-15(22-2)16(14)17(20)23-10-13(19)11-6-3-4-7-12(11)18/h3-9H,10H2,1-2H3. The third kappa shape index (κ3) is 3.66. The number of rotatable bonds is 6. The Hall–Kier alpha value is -2.89. The Morgan fingerprint density at radius 1 is 0.957 bits per heavy atom. The monoisotopic (exact) mass is 318 g/mol. The normalized spacial score (nSPS) is 10.0. The van der Waals surface area contributed by atoms with Crippen molar-refractivity contribution < 1.29 is 28.2 Å². The van der Waals surface area contributed by atoms with Crippen molar-refractivity contribution in [2.24, 2.45) is 0 Å². The molecule has 120 valence electrons. The second kappa shape index (κ2) is 7.40. The molecule has 0 radical (unpaired) electrons. The molecule has 0 unspecified atom stereocenters. The number of benzene rings is 2. The van der Waals surface area contributed by atoms with Crippen LogP contribution < -0.4 is 9.47 Å². The molecule has 2 aromatic rings. The third-order valence-corrected chi connectivity index (χ3v) is 3.14. The first-order valence-electron chi connectivity index (χ1n) is 6.74. The smallest absolute Gasteiger partial charge is 0.346 e. The summed E-state index contributed by atoms with van der Waals surface area (Å²) in [6.07, 6.45) is 0. The number of halogens is 1. The maximum absolute atomic E-state index is 13.5. The summed E-state index contributed by atoms with van der Waals surface area (Å²) in [6.45, 7) is -0.582. The Kier molecular flexibility index (Phi) is 5.30. The third-order valence-electron chi connectivity index (χ3n) is 3.14. The van der Waals surface area contributed by atoms with Crippen LogP contribution in [-0.2, 0) is 4.74 Å². The molecule has 0 saturated carbocycles. The first kappa shape index (κ1) is 16.5. The van der Waals surface area contributed by atoms with Gasteiger partial charge in [0.05, 0.1) is 19.8 Å². The van der Waals surface area contributed by atoms with E-state index < -0.39 is 24.2 Å². The quantitative estimate of drug-likeness (QED) is 0.605. The molecule has 0 fully saturated rings. The first-order valence-corrected chi connectivity index (χ1v) is 6.74. The van der Waals surface area contributed by atoms with Crippen LogP contribution in [0.3, 0.4) is 0 Å². The maximum Gasteiger partial charge on any atom is 0.346 e. The highest BCUT2D eigenvalue weighted by molar-refractivity contribution is 6.01. The van der Waals surface area contributed by atoms with Crippen molar-refractivity contribution in [2.75, 3.05) is 20.8 Å². The predicted molar refractivity (Wildman–Crippen MR) is 80.6 cm³/mol. The van der Waals surface area contributed by atoms with Gasteiger partial charge in [0, 0.05) is 0 Å². The van der Waals surface area contributed by atoms with E-state index in [1.807, 2.05) is 0 Å². The van der Waals surface area contributed by atoms with E-state index in [4.69, 9.17) is 14.2 Å².